The number of hydrogen-bond donors (Lipinski definition) is 2. The number of hydrogen-bond acceptors (Lipinski definition) is 6. The van der Waals surface area contributed by atoms with E-state index in [0.717, 1.165) is 25.1 Å². The third-order valence-electron chi connectivity index (χ3n) is 1.48. The number of carbonyl (C=O) groups excluding carboxylic acids is 1. The van der Waals surface area contributed by atoms with Crippen molar-refractivity contribution in [2.75, 3.05) is 5.48 Å². The Morgan fingerprint density at radius 3 is 2.80 bits per heavy atom. The fourth-order valence-electron chi connectivity index (χ4n) is 0.892. The summed E-state index contributed by atoms with van der Waals surface area (Å²) in [5, 5.41) is 19.6. The Balaban J connectivity index is 2.96. The van der Waals surface area contributed by atoms with Crippen molar-refractivity contribution in [3.63, 3.8) is 0 Å². The van der Waals surface area contributed by atoms with Crippen LogP contribution >= 0.6 is 0 Å². The van der Waals surface area contributed by atoms with Crippen LogP contribution in [-0.4, -0.2) is 16.0 Å². The summed E-state index contributed by atoms with van der Waals surface area (Å²) in [5.41, 5.74) is 1.70. The number of carbonyl (C=O) groups is 1. The number of nitro benzene ring substituents is 1. The smallest absolute Gasteiger partial charge is 0.329 e. The summed E-state index contributed by atoms with van der Waals surface area (Å²) in [7, 11) is 0. The molecule has 0 atom stereocenters. The molecule has 2 N–H and O–H groups in total. The average molecular weight is 212 g/mol. The zero-order valence-corrected chi connectivity index (χ0v) is 7.76. The molecule has 0 radical (unpaired) electrons. The van der Waals surface area contributed by atoms with Crippen LogP contribution in [0, 0.1) is 10.1 Å². The van der Waals surface area contributed by atoms with Gasteiger partial charge in [-0.15, -0.1) is 0 Å². The molecule has 0 saturated heterocycles. The maximum absolute atomic E-state index is 10.5. The Morgan fingerprint density at radius 2 is 2.27 bits per heavy atom. The van der Waals surface area contributed by atoms with Gasteiger partial charge in [0.25, 0.3) is 5.69 Å². The van der Waals surface area contributed by atoms with Gasteiger partial charge in [0.15, 0.2) is 5.69 Å². The third-order valence-corrected chi connectivity index (χ3v) is 1.48. The molecule has 0 aliphatic heterocycles. The highest BCUT2D eigenvalue weighted by molar-refractivity contribution is 5.69. The molecule has 15 heavy (non-hydrogen) atoms. The van der Waals surface area contributed by atoms with Gasteiger partial charge in [-0.3, -0.25) is 14.9 Å². The molecule has 7 nitrogen and oxygen atoms in total. The van der Waals surface area contributed by atoms with Gasteiger partial charge in [-0.1, -0.05) is 0 Å². The van der Waals surface area contributed by atoms with Crippen LogP contribution in [0.1, 0.15) is 6.92 Å². The molecule has 0 aliphatic carbocycles. The van der Waals surface area contributed by atoms with Gasteiger partial charge in [0.1, 0.15) is 5.75 Å². The van der Waals surface area contributed by atoms with Crippen LogP contribution in [0.3, 0.4) is 0 Å². The lowest BCUT2D eigenvalue weighted by molar-refractivity contribution is -0.384. The van der Waals surface area contributed by atoms with Crippen LogP contribution in [0.5, 0.6) is 5.75 Å². The van der Waals surface area contributed by atoms with Crippen molar-refractivity contribution in [2.45, 2.75) is 6.92 Å². The van der Waals surface area contributed by atoms with Crippen LogP contribution < -0.4 is 5.48 Å². The molecule has 1 rings (SSSR count). The Bertz CT molecular complexity index is 404. The van der Waals surface area contributed by atoms with Crippen molar-refractivity contribution in [2.24, 2.45) is 0 Å². The number of nitro groups is 1. The first-order chi connectivity index (χ1) is 7.00. The highest BCUT2D eigenvalue weighted by Crippen LogP contribution is 2.28. The van der Waals surface area contributed by atoms with Crippen LogP contribution in [0.25, 0.3) is 0 Å². The number of rotatable bonds is 3. The molecule has 0 saturated carbocycles. The Morgan fingerprint density at radius 1 is 1.60 bits per heavy atom. The van der Waals surface area contributed by atoms with E-state index in [1.54, 1.807) is 0 Å². The van der Waals surface area contributed by atoms with Crippen LogP contribution in [0.15, 0.2) is 18.2 Å². The lowest BCUT2D eigenvalue weighted by atomic mass is 10.2. The summed E-state index contributed by atoms with van der Waals surface area (Å²) in [6, 6.07) is 3.35. The summed E-state index contributed by atoms with van der Waals surface area (Å²) >= 11 is 0. The second-order valence-corrected chi connectivity index (χ2v) is 2.65. The number of benzene rings is 1. The Kier molecular flexibility index (Phi) is 3.06. The first kappa shape index (κ1) is 10.8. The van der Waals surface area contributed by atoms with Gasteiger partial charge in [-0.2, -0.15) is 0 Å². The summed E-state index contributed by atoms with van der Waals surface area (Å²) in [6.07, 6.45) is 0. The van der Waals surface area contributed by atoms with Gasteiger partial charge in [-0.25, -0.2) is 5.48 Å². The number of anilines is 1. The number of aromatic hydroxyl groups is 1. The van der Waals surface area contributed by atoms with Gasteiger partial charge in [-0.05, 0) is 6.07 Å². The molecular formula is C8H8N2O5. The first-order valence-corrected chi connectivity index (χ1v) is 3.91. The minimum absolute atomic E-state index is 0.0878. The third kappa shape index (κ3) is 2.83. The van der Waals surface area contributed by atoms with E-state index in [0.29, 0.717) is 0 Å². The fourth-order valence-corrected chi connectivity index (χ4v) is 0.892. The van der Waals surface area contributed by atoms with Gasteiger partial charge in [0.05, 0.1) is 4.92 Å². The molecule has 0 aromatic heterocycles. The van der Waals surface area contributed by atoms with E-state index in [4.69, 9.17) is 5.11 Å². The summed E-state index contributed by atoms with van der Waals surface area (Å²) in [5.74, 6) is -0.817. The number of phenols is 1. The molecule has 0 bridgehead atoms. The lowest BCUT2D eigenvalue weighted by Crippen LogP contribution is -2.07. The van der Waals surface area contributed by atoms with Crippen molar-refractivity contribution < 1.29 is 19.7 Å². The second kappa shape index (κ2) is 4.27. The molecule has 0 aliphatic rings. The van der Waals surface area contributed by atoms with Gasteiger partial charge in [0, 0.05) is 19.1 Å². The van der Waals surface area contributed by atoms with E-state index in [2.05, 4.69) is 10.3 Å². The molecule has 1 aromatic rings. The molecule has 0 fully saturated rings. The molecular weight excluding hydrogens is 204 g/mol. The molecule has 0 heterocycles. The predicted molar refractivity (Wildman–Crippen MR) is 50.1 cm³/mol. The Labute approximate surface area is 84.4 Å². The molecule has 1 aromatic carbocycles. The van der Waals surface area contributed by atoms with Crippen LogP contribution in [0.4, 0.5) is 11.4 Å². The predicted octanol–water partition coefficient (Wildman–Crippen LogP) is 1.19. The van der Waals surface area contributed by atoms with E-state index in [1.165, 1.54) is 0 Å². The van der Waals surface area contributed by atoms with Crippen LogP contribution in [0.2, 0.25) is 0 Å². The fraction of sp³-hybridized carbons (Fsp3) is 0.125. The van der Waals surface area contributed by atoms with Crippen molar-refractivity contribution >= 4 is 17.3 Å². The first-order valence-electron chi connectivity index (χ1n) is 3.91. The quantitative estimate of drug-likeness (QED) is 0.576. The SMILES string of the molecule is CC(=O)ONc1cc(O)ccc1[N+](=O)[O-]. The molecule has 80 valence electrons. The van der Waals surface area contributed by atoms with E-state index < -0.39 is 10.9 Å². The summed E-state index contributed by atoms with van der Waals surface area (Å²) < 4.78 is 0. The van der Waals surface area contributed by atoms with Crippen molar-refractivity contribution in [3.05, 3.63) is 28.3 Å². The standard InChI is InChI=1S/C8H8N2O5/c1-5(11)15-9-7-4-6(12)2-3-8(7)10(13)14/h2-4,9,12H,1H3. The number of phenolic OH excluding ortho intramolecular Hbond substituents is 1. The Hall–Kier alpha value is -2.31. The monoisotopic (exact) mass is 212 g/mol. The molecule has 0 amide bonds. The minimum atomic E-state index is -0.661. The number of nitrogens with zero attached hydrogens (tertiary/aromatic N) is 1. The largest absolute Gasteiger partial charge is 0.508 e. The topological polar surface area (TPSA) is 102 Å². The van der Waals surface area contributed by atoms with Crippen molar-refractivity contribution in [1.29, 1.82) is 0 Å². The highest BCUT2D eigenvalue weighted by Gasteiger charge is 2.14. The maximum Gasteiger partial charge on any atom is 0.329 e. The molecule has 0 spiro atoms. The zero-order chi connectivity index (χ0) is 11.4. The number of nitrogens with one attached hydrogen (secondary N) is 1. The maximum atomic E-state index is 10.5. The van der Waals surface area contributed by atoms with E-state index in [9.17, 15) is 14.9 Å². The van der Waals surface area contributed by atoms with Crippen molar-refractivity contribution in [1.82, 2.24) is 0 Å². The lowest BCUT2D eigenvalue weighted by Gasteiger charge is -2.05. The van der Waals surface area contributed by atoms with Gasteiger partial charge >= 0.3 is 5.97 Å². The normalized spacial score (nSPS) is 9.40. The second-order valence-electron chi connectivity index (χ2n) is 2.65. The summed E-state index contributed by atoms with van der Waals surface area (Å²) in [4.78, 5) is 24.7. The summed E-state index contributed by atoms with van der Waals surface area (Å²) in [6.45, 7) is 1.14. The average Bonchev–Trinajstić information content (AvgIpc) is 2.14. The minimum Gasteiger partial charge on any atom is -0.508 e. The highest BCUT2D eigenvalue weighted by atomic mass is 16.7. The van der Waals surface area contributed by atoms with E-state index >= 15 is 0 Å². The molecule has 7 heteroatoms. The van der Waals surface area contributed by atoms with E-state index in [1.807, 2.05) is 0 Å². The zero-order valence-electron chi connectivity index (χ0n) is 7.76. The van der Waals surface area contributed by atoms with Gasteiger partial charge < -0.3 is 9.94 Å². The van der Waals surface area contributed by atoms with Crippen molar-refractivity contribution in [3.8, 4) is 5.75 Å². The van der Waals surface area contributed by atoms with Gasteiger partial charge in [0.2, 0.25) is 0 Å². The van der Waals surface area contributed by atoms with E-state index in [-0.39, 0.29) is 17.1 Å². The molecule has 0 unspecified atom stereocenters. The van der Waals surface area contributed by atoms with Crippen LogP contribution in [-0.2, 0) is 9.63 Å².